The van der Waals surface area contributed by atoms with E-state index < -0.39 is 10.2 Å². The summed E-state index contributed by atoms with van der Waals surface area (Å²) in [6.07, 6.45) is 1.22. The van der Waals surface area contributed by atoms with E-state index in [1.54, 1.807) is 0 Å². The van der Waals surface area contributed by atoms with E-state index in [2.05, 4.69) is 19.9 Å². The van der Waals surface area contributed by atoms with Crippen molar-refractivity contribution in [1.29, 1.82) is 0 Å². The van der Waals surface area contributed by atoms with Gasteiger partial charge >= 0.3 is 10.2 Å². The topological polar surface area (TPSA) is 91.0 Å². The van der Waals surface area contributed by atoms with E-state index in [0.29, 0.717) is 0 Å². The third kappa shape index (κ3) is 1.92. The van der Waals surface area contributed by atoms with Gasteiger partial charge in [-0.1, -0.05) is 0 Å². The van der Waals surface area contributed by atoms with Crippen molar-refractivity contribution < 1.29 is 8.42 Å². The van der Waals surface area contributed by atoms with E-state index >= 15 is 0 Å². The largest absolute Gasteiger partial charge is 0.303 e. The first-order valence-electron chi connectivity index (χ1n) is 3.08. The van der Waals surface area contributed by atoms with E-state index in [0.717, 1.165) is 4.31 Å². The molecule has 0 saturated carbocycles. The molecule has 1 aromatic rings. The SMILES string of the molecule is CN(C)S(=O)(=O)Nc1ncn[nH]1. The predicted molar refractivity (Wildman–Crippen MR) is 42.6 cm³/mol. The Morgan fingerprint density at radius 1 is 1.58 bits per heavy atom. The Hall–Kier alpha value is -1.15. The Kier molecular flexibility index (Phi) is 2.29. The normalized spacial score (nSPS) is 11.9. The summed E-state index contributed by atoms with van der Waals surface area (Å²) < 4.78 is 25.5. The summed E-state index contributed by atoms with van der Waals surface area (Å²) >= 11 is 0. The highest BCUT2D eigenvalue weighted by molar-refractivity contribution is 7.90. The lowest BCUT2D eigenvalue weighted by Gasteiger charge is -2.10. The van der Waals surface area contributed by atoms with Gasteiger partial charge in [0.1, 0.15) is 6.33 Å². The minimum atomic E-state index is -3.47. The molecule has 1 rings (SSSR count). The Bertz CT molecular complexity index is 328. The standard InChI is InChI=1S/C4H9N5O2S/c1-9(2)12(10,11)8-4-5-3-6-7-4/h3H,1-2H3,(H2,5,6,7,8). The first-order valence-corrected chi connectivity index (χ1v) is 4.52. The summed E-state index contributed by atoms with van der Waals surface area (Å²) in [7, 11) is -0.641. The molecule has 0 spiro atoms. The highest BCUT2D eigenvalue weighted by atomic mass is 32.2. The molecule has 0 amide bonds. The lowest BCUT2D eigenvalue weighted by atomic mass is 11.1. The Labute approximate surface area is 70.0 Å². The van der Waals surface area contributed by atoms with E-state index in [9.17, 15) is 8.42 Å². The molecule has 1 heterocycles. The van der Waals surface area contributed by atoms with Gasteiger partial charge in [0, 0.05) is 14.1 Å². The molecule has 0 aliphatic heterocycles. The van der Waals surface area contributed by atoms with Gasteiger partial charge in [-0.05, 0) is 0 Å². The van der Waals surface area contributed by atoms with Crippen molar-refractivity contribution in [2.24, 2.45) is 0 Å². The van der Waals surface area contributed by atoms with Gasteiger partial charge in [0.25, 0.3) is 0 Å². The van der Waals surface area contributed by atoms with Gasteiger partial charge in [0.15, 0.2) is 0 Å². The number of nitrogens with one attached hydrogen (secondary N) is 2. The van der Waals surface area contributed by atoms with Gasteiger partial charge in [-0.2, -0.15) is 22.8 Å². The minimum Gasteiger partial charge on any atom is -0.245 e. The number of hydrogen-bond acceptors (Lipinski definition) is 4. The second-order valence-electron chi connectivity index (χ2n) is 2.22. The monoisotopic (exact) mass is 191 g/mol. The molecule has 0 atom stereocenters. The smallest absolute Gasteiger partial charge is 0.245 e. The van der Waals surface area contributed by atoms with Crippen LogP contribution in [-0.2, 0) is 10.2 Å². The second kappa shape index (κ2) is 3.07. The highest BCUT2D eigenvalue weighted by Crippen LogP contribution is 1.99. The van der Waals surface area contributed by atoms with Crippen LogP contribution >= 0.6 is 0 Å². The van der Waals surface area contributed by atoms with Gasteiger partial charge in [-0.25, -0.2) is 9.82 Å². The molecule has 0 aliphatic carbocycles. The third-order valence-corrected chi connectivity index (χ3v) is 2.53. The lowest BCUT2D eigenvalue weighted by Crippen LogP contribution is -2.29. The van der Waals surface area contributed by atoms with E-state index in [4.69, 9.17) is 0 Å². The van der Waals surface area contributed by atoms with Crippen molar-refractivity contribution >= 4 is 16.2 Å². The summed E-state index contributed by atoms with van der Waals surface area (Å²) in [4.78, 5) is 3.60. The molecule has 0 saturated heterocycles. The van der Waals surface area contributed by atoms with Crippen molar-refractivity contribution in [3.8, 4) is 0 Å². The number of anilines is 1. The van der Waals surface area contributed by atoms with Crippen LogP contribution < -0.4 is 4.72 Å². The molecule has 68 valence electrons. The molecular formula is C4H9N5O2S. The fourth-order valence-electron chi connectivity index (χ4n) is 0.468. The highest BCUT2D eigenvalue weighted by Gasteiger charge is 2.13. The minimum absolute atomic E-state index is 0.101. The van der Waals surface area contributed by atoms with Crippen molar-refractivity contribution in [3.05, 3.63) is 6.33 Å². The first-order chi connectivity index (χ1) is 5.52. The molecule has 0 unspecified atom stereocenters. The van der Waals surface area contributed by atoms with Gasteiger partial charge < -0.3 is 0 Å². The number of aromatic nitrogens is 3. The van der Waals surface area contributed by atoms with E-state index in [1.165, 1.54) is 20.4 Å². The van der Waals surface area contributed by atoms with Crippen molar-refractivity contribution in [2.75, 3.05) is 18.8 Å². The van der Waals surface area contributed by atoms with Gasteiger partial charge in [-0.3, -0.25) is 0 Å². The van der Waals surface area contributed by atoms with Crippen LogP contribution in [0.4, 0.5) is 5.95 Å². The van der Waals surface area contributed by atoms with Gasteiger partial charge in [0.2, 0.25) is 5.95 Å². The molecule has 7 nitrogen and oxygen atoms in total. The fourth-order valence-corrected chi connectivity index (χ4v) is 0.993. The van der Waals surface area contributed by atoms with Crippen LogP contribution in [0.5, 0.6) is 0 Å². The van der Waals surface area contributed by atoms with E-state index in [-0.39, 0.29) is 5.95 Å². The molecule has 0 fully saturated rings. The maximum Gasteiger partial charge on any atom is 0.303 e. The fraction of sp³-hybridized carbons (Fsp3) is 0.500. The molecule has 1 aromatic heterocycles. The second-order valence-corrected chi connectivity index (χ2v) is 4.11. The average Bonchev–Trinajstić information content (AvgIpc) is 2.38. The molecule has 0 radical (unpaired) electrons. The summed E-state index contributed by atoms with van der Waals surface area (Å²) in [5, 5.41) is 5.85. The Morgan fingerprint density at radius 2 is 2.25 bits per heavy atom. The zero-order valence-corrected chi connectivity index (χ0v) is 7.46. The maximum atomic E-state index is 11.1. The number of rotatable bonds is 3. The summed E-state index contributed by atoms with van der Waals surface area (Å²) in [6.45, 7) is 0. The zero-order chi connectivity index (χ0) is 9.19. The molecule has 0 bridgehead atoms. The molecule has 0 aliphatic rings. The zero-order valence-electron chi connectivity index (χ0n) is 6.64. The predicted octanol–water partition coefficient (Wildman–Crippen LogP) is -0.977. The quantitative estimate of drug-likeness (QED) is 0.642. The van der Waals surface area contributed by atoms with Gasteiger partial charge in [-0.15, -0.1) is 0 Å². The summed E-state index contributed by atoms with van der Waals surface area (Å²) in [5.74, 6) is 0.101. The van der Waals surface area contributed by atoms with Crippen molar-refractivity contribution in [2.45, 2.75) is 0 Å². The van der Waals surface area contributed by atoms with Crippen LogP contribution in [0.2, 0.25) is 0 Å². The van der Waals surface area contributed by atoms with Crippen LogP contribution in [-0.4, -0.2) is 42.0 Å². The van der Waals surface area contributed by atoms with E-state index in [1.807, 2.05) is 0 Å². The number of nitrogens with zero attached hydrogens (tertiary/aromatic N) is 3. The lowest BCUT2D eigenvalue weighted by molar-refractivity contribution is 0.526. The maximum absolute atomic E-state index is 11.1. The molecule has 0 aromatic carbocycles. The molecule has 8 heteroatoms. The summed E-state index contributed by atoms with van der Waals surface area (Å²) in [5.41, 5.74) is 0. The van der Waals surface area contributed by atoms with Crippen molar-refractivity contribution in [1.82, 2.24) is 19.5 Å². The number of aromatic amines is 1. The first kappa shape index (κ1) is 8.94. The van der Waals surface area contributed by atoms with Crippen LogP contribution in [0.25, 0.3) is 0 Å². The Morgan fingerprint density at radius 3 is 2.67 bits per heavy atom. The molecular weight excluding hydrogens is 182 g/mol. The van der Waals surface area contributed by atoms with Crippen LogP contribution in [0.3, 0.4) is 0 Å². The average molecular weight is 191 g/mol. The summed E-state index contributed by atoms with van der Waals surface area (Å²) in [6, 6.07) is 0. The van der Waals surface area contributed by atoms with Crippen LogP contribution in [0.15, 0.2) is 6.33 Å². The van der Waals surface area contributed by atoms with Crippen LogP contribution in [0, 0.1) is 0 Å². The van der Waals surface area contributed by atoms with Crippen LogP contribution in [0.1, 0.15) is 0 Å². The molecule has 2 N–H and O–H groups in total. The molecule has 12 heavy (non-hydrogen) atoms. The Balaban J connectivity index is 2.77. The number of hydrogen-bond donors (Lipinski definition) is 2. The number of H-pyrrole nitrogens is 1. The third-order valence-electron chi connectivity index (χ3n) is 1.12. The van der Waals surface area contributed by atoms with Crippen molar-refractivity contribution in [3.63, 3.8) is 0 Å². The van der Waals surface area contributed by atoms with Gasteiger partial charge in [0.05, 0.1) is 0 Å².